The molecular weight excluding hydrogens is 941 g/mol. The van der Waals surface area contributed by atoms with Gasteiger partial charge in [0.15, 0.2) is 0 Å². The molecule has 0 amide bonds. The van der Waals surface area contributed by atoms with Gasteiger partial charge < -0.3 is 9.80 Å². The number of aryl methyl sites for hydroxylation is 12. The van der Waals surface area contributed by atoms with Crippen LogP contribution < -0.4 is 9.80 Å². The highest BCUT2D eigenvalue weighted by Gasteiger charge is 2.27. The molecule has 0 saturated heterocycles. The van der Waals surface area contributed by atoms with Crippen LogP contribution in [0.1, 0.15) is 66.8 Å². The summed E-state index contributed by atoms with van der Waals surface area (Å²) in [5.41, 5.74) is 32.0. The van der Waals surface area contributed by atoms with E-state index in [1.54, 1.807) is 0 Å². The molecule has 0 bridgehead atoms. The molecule has 0 aliphatic heterocycles. The van der Waals surface area contributed by atoms with E-state index in [0.29, 0.717) is 0 Å². The molecule has 0 saturated carbocycles. The van der Waals surface area contributed by atoms with Gasteiger partial charge in [0.1, 0.15) is 0 Å². The van der Waals surface area contributed by atoms with Gasteiger partial charge in [0.05, 0.1) is 22.7 Å². The molecule has 2 nitrogen and oxygen atoms in total. The standard InChI is InChI=1S/C76H68N2/c1-45-19-13-20-46(2)69(45)59-39-60(70-47(3)21-14-22-48(70)4)42-63(41-59)77(75-53(9)27-17-28-54(75)10)67-37-33-57-32-36-66-68(38-34-58-31-35-65(67)73(57)74(58)66)78(76-55(11)29-18-30-56(76)12)64-43-61(71-49(5)23-15-24-50(71)6)40-62(44-64)72-51(7)25-16-26-52(72)8/h13-44H,1-12H3. The van der Waals surface area contributed by atoms with E-state index in [-0.39, 0.29) is 0 Å². The lowest BCUT2D eigenvalue weighted by atomic mass is 9.88. The van der Waals surface area contributed by atoms with Crippen molar-refractivity contribution in [1.82, 2.24) is 0 Å². The molecule has 12 rings (SSSR count). The van der Waals surface area contributed by atoms with Crippen molar-refractivity contribution in [1.29, 1.82) is 0 Å². The van der Waals surface area contributed by atoms with Gasteiger partial charge in [0, 0.05) is 22.1 Å². The van der Waals surface area contributed by atoms with Crippen LogP contribution in [0.5, 0.6) is 0 Å². The van der Waals surface area contributed by atoms with Gasteiger partial charge >= 0.3 is 0 Å². The van der Waals surface area contributed by atoms with Gasteiger partial charge in [0.25, 0.3) is 0 Å². The minimum absolute atomic E-state index is 1.13. The highest BCUT2D eigenvalue weighted by molar-refractivity contribution is 6.28. The summed E-state index contributed by atoms with van der Waals surface area (Å²) in [6.45, 7) is 27.1. The van der Waals surface area contributed by atoms with Crippen molar-refractivity contribution in [2.45, 2.75) is 83.1 Å². The molecule has 0 aliphatic rings. The van der Waals surface area contributed by atoms with Gasteiger partial charge in [-0.2, -0.15) is 0 Å². The Balaban J connectivity index is 1.16. The molecule has 0 N–H and O–H groups in total. The molecule has 0 spiro atoms. The normalized spacial score (nSPS) is 11.6. The predicted molar refractivity (Wildman–Crippen MR) is 338 cm³/mol. The molecule has 0 heterocycles. The smallest absolute Gasteiger partial charge is 0.0540 e. The molecule has 0 aromatic heterocycles. The molecule has 12 aromatic rings. The molecule has 0 aliphatic carbocycles. The fourth-order valence-electron chi connectivity index (χ4n) is 13.4. The zero-order valence-electron chi connectivity index (χ0n) is 47.4. The summed E-state index contributed by atoms with van der Waals surface area (Å²) in [6, 6.07) is 73.7. The Bertz CT molecular complexity index is 3820. The quantitative estimate of drug-likeness (QED) is 0.126. The van der Waals surface area contributed by atoms with Crippen molar-refractivity contribution >= 4 is 66.4 Å². The molecule has 2 heteroatoms. The zero-order chi connectivity index (χ0) is 54.3. The minimum atomic E-state index is 1.13. The fourth-order valence-corrected chi connectivity index (χ4v) is 13.4. The predicted octanol–water partition coefficient (Wildman–Crippen LogP) is 21.9. The molecule has 0 atom stereocenters. The van der Waals surface area contributed by atoms with E-state index < -0.39 is 0 Å². The van der Waals surface area contributed by atoms with Crippen LogP contribution in [0.4, 0.5) is 34.1 Å². The highest BCUT2D eigenvalue weighted by atomic mass is 15.2. The number of hydrogen-bond donors (Lipinski definition) is 0. The highest BCUT2D eigenvalue weighted by Crippen LogP contribution is 2.51. The van der Waals surface area contributed by atoms with Crippen LogP contribution in [0, 0.1) is 83.1 Å². The molecule has 12 aromatic carbocycles. The van der Waals surface area contributed by atoms with Crippen molar-refractivity contribution < 1.29 is 0 Å². The topological polar surface area (TPSA) is 6.48 Å². The summed E-state index contributed by atoms with van der Waals surface area (Å²) in [5.74, 6) is 0. The van der Waals surface area contributed by atoms with Gasteiger partial charge in [-0.15, -0.1) is 0 Å². The number of anilines is 6. The van der Waals surface area contributed by atoms with E-state index in [2.05, 4.69) is 287 Å². The minimum Gasteiger partial charge on any atom is -0.309 e. The summed E-state index contributed by atoms with van der Waals surface area (Å²) < 4.78 is 0. The lowest BCUT2D eigenvalue weighted by molar-refractivity contribution is 1.22. The second-order valence-electron chi connectivity index (χ2n) is 22.3. The second kappa shape index (κ2) is 19.7. The van der Waals surface area contributed by atoms with Crippen LogP contribution in [0.25, 0.3) is 76.8 Å². The molecule has 382 valence electrons. The van der Waals surface area contributed by atoms with Crippen molar-refractivity contribution in [2.75, 3.05) is 9.80 Å². The summed E-state index contributed by atoms with van der Waals surface area (Å²) in [4.78, 5) is 5.14. The van der Waals surface area contributed by atoms with Crippen LogP contribution in [0.15, 0.2) is 194 Å². The molecule has 0 unspecified atom stereocenters. The Morgan fingerprint density at radius 2 is 0.462 bits per heavy atom. The van der Waals surface area contributed by atoms with Crippen molar-refractivity contribution in [3.8, 4) is 44.5 Å². The lowest BCUT2D eigenvalue weighted by Crippen LogP contribution is -2.14. The zero-order valence-corrected chi connectivity index (χ0v) is 47.4. The number of rotatable bonds is 10. The molecule has 0 fully saturated rings. The summed E-state index contributed by atoms with van der Waals surface area (Å²) in [5, 5.41) is 7.40. The Hall–Kier alpha value is -8.72. The number of para-hydroxylation sites is 2. The van der Waals surface area contributed by atoms with Crippen LogP contribution >= 0.6 is 0 Å². The van der Waals surface area contributed by atoms with Gasteiger partial charge in [-0.1, -0.05) is 146 Å². The third kappa shape index (κ3) is 8.43. The fraction of sp³-hybridized carbons (Fsp3) is 0.158. The van der Waals surface area contributed by atoms with Gasteiger partial charge in [-0.05, 0) is 264 Å². The first-order chi connectivity index (χ1) is 37.7. The first kappa shape index (κ1) is 50.1. The summed E-state index contributed by atoms with van der Waals surface area (Å²) in [7, 11) is 0. The van der Waals surface area contributed by atoms with E-state index in [0.717, 1.165) is 22.7 Å². The van der Waals surface area contributed by atoms with E-state index in [1.165, 1.54) is 155 Å². The lowest BCUT2D eigenvalue weighted by Gasteiger charge is -2.32. The summed E-state index contributed by atoms with van der Waals surface area (Å²) >= 11 is 0. The van der Waals surface area contributed by atoms with Crippen LogP contribution in [-0.2, 0) is 0 Å². The Morgan fingerprint density at radius 3 is 0.718 bits per heavy atom. The molecule has 78 heavy (non-hydrogen) atoms. The van der Waals surface area contributed by atoms with E-state index in [9.17, 15) is 0 Å². The number of benzene rings is 12. The Labute approximate surface area is 462 Å². The van der Waals surface area contributed by atoms with Crippen molar-refractivity contribution in [3.63, 3.8) is 0 Å². The average Bonchev–Trinajstić information content (AvgIpc) is 3.42. The SMILES string of the molecule is Cc1cccc(C)c1-c1cc(-c2c(C)cccc2C)cc(N(c2c(C)cccc2C)c2ccc3ccc4c(N(c5cc(-c6c(C)cccc6C)cc(-c6c(C)cccc6C)c5)c5c(C)cccc5C)ccc5ccc2c3c54)c1. The second-order valence-corrected chi connectivity index (χ2v) is 22.3. The molecule has 0 radical (unpaired) electrons. The Morgan fingerprint density at radius 1 is 0.231 bits per heavy atom. The number of nitrogens with zero attached hydrogens (tertiary/aromatic N) is 2. The maximum absolute atomic E-state index is 2.57. The van der Waals surface area contributed by atoms with Crippen molar-refractivity contribution in [3.05, 3.63) is 261 Å². The largest absolute Gasteiger partial charge is 0.309 e. The third-order valence-corrected chi connectivity index (χ3v) is 16.9. The van der Waals surface area contributed by atoms with E-state index >= 15 is 0 Å². The van der Waals surface area contributed by atoms with Crippen molar-refractivity contribution in [2.24, 2.45) is 0 Å². The Kier molecular flexibility index (Phi) is 12.7. The summed E-state index contributed by atoms with van der Waals surface area (Å²) in [6.07, 6.45) is 0. The van der Waals surface area contributed by atoms with Gasteiger partial charge in [-0.25, -0.2) is 0 Å². The van der Waals surface area contributed by atoms with E-state index in [4.69, 9.17) is 0 Å². The van der Waals surface area contributed by atoms with E-state index in [1.807, 2.05) is 0 Å². The van der Waals surface area contributed by atoms with Gasteiger partial charge in [-0.3, -0.25) is 0 Å². The maximum atomic E-state index is 2.57. The van der Waals surface area contributed by atoms with Crippen LogP contribution in [0.3, 0.4) is 0 Å². The number of hydrogen-bond acceptors (Lipinski definition) is 2. The average molecular weight is 1010 g/mol. The monoisotopic (exact) mass is 1010 g/mol. The molecular formula is C76H68N2. The van der Waals surface area contributed by atoms with Gasteiger partial charge in [0.2, 0.25) is 0 Å². The maximum Gasteiger partial charge on any atom is 0.0540 e. The third-order valence-electron chi connectivity index (χ3n) is 16.9. The van der Waals surface area contributed by atoms with Crippen LogP contribution in [-0.4, -0.2) is 0 Å². The first-order valence-corrected chi connectivity index (χ1v) is 27.7. The first-order valence-electron chi connectivity index (χ1n) is 27.7. The van der Waals surface area contributed by atoms with Crippen LogP contribution in [0.2, 0.25) is 0 Å².